The number of rotatable bonds is 16. The van der Waals surface area contributed by atoms with Gasteiger partial charge in [-0.05, 0) is 67.3 Å². The maximum absolute atomic E-state index is 6.70. The van der Waals surface area contributed by atoms with Gasteiger partial charge in [0.15, 0.2) is 0 Å². The molecular weight excluding hydrogens is 464 g/mol. The molecule has 38 heavy (non-hydrogen) atoms. The average Bonchev–Trinajstić information content (AvgIpc) is 2.95. The van der Waals surface area contributed by atoms with Crippen LogP contribution in [0.5, 0.6) is 11.5 Å². The second-order valence-electron chi connectivity index (χ2n) is 11.0. The Morgan fingerprint density at radius 3 is 1.71 bits per heavy atom. The minimum Gasteiger partial charge on any atom is -0.493 e. The quantitative estimate of drug-likeness (QED) is 0.189. The molecule has 0 saturated carbocycles. The summed E-state index contributed by atoms with van der Waals surface area (Å²) >= 11 is 0. The molecule has 2 heteroatoms. The highest BCUT2D eigenvalue weighted by Gasteiger charge is 2.19. The molecule has 0 N–H and O–H groups in total. The number of hydrogen-bond acceptors (Lipinski definition) is 2. The van der Waals surface area contributed by atoms with Crippen molar-refractivity contribution in [3.8, 4) is 33.8 Å². The van der Waals surface area contributed by atoms with Crippen LogP contribution in [0.2, 0.25) is 0 Å². The Kier molecular flexibility index (Phi) is 12.3. The fourth-order valence-corrected chi connectivity index (χ4v) is 5.09. The van der Waals surface area contributed by atoms with Crippen LogP contribution in [0.4, 0.5) is 0 Å². The molecule has 0 bridgehead atoms. The molecule has 0 fully saturated rings. The molecular formula is C36H50O2. The lowest BCUT2D eigenvalue weighted by atomic mass is 9.94. The molecule has 2 unspecified atom stereocenters. The average molecular weight is 515 g/mol. The third-order valence-corrected chi connectivity index (χ3v) is 7.89. The maximum Gasteiger partial charge on any atom is 0.128 e. The number of benzene rings is 3. The largest absolute Gasteiger partial charge is 0.493 e. The van der Waals surface area contributed by atoms with Gasteiger partial charge in [0.2, 0.25) is 0 Å². The van der Waals surface area contributed by atoms with Crippen molar-refractivity contribution in [2.75, 3.05) is 13.2 Å². The minimum atomic E-state index is 0.571. The zero-order chi connectivity index (χ0) is 27.3. The maximum atomic E-state index is 6.70. The summed E-state index contributed by atoms with van der Waals surface area (Å²) in [4.78, 5) is 0. The lowest BCUT2D eigenvalue weighted by Gasteiger charge is -2.23. The first-order chi connectivity index (χ1) is 18.5. The molecule has 3 aromatic carbocycles. The van der Waals surface area contributed by atoms with Gasteiger partial charge in [0.05, 0.1) is 13.2 Å². The molecule has 0 aromatic heterocycles. The van der Waals surface area contributed by atoms with Crippen LogP contribution < -0.4 is 9.47 Å². The van der Waals surface area contributed by atoms with Crippen molar-refractivity contribution in [2.24, 2.45) is 11.8 Å². The van der Waals surface area contributed by atoms with Gasteiger partial charge in [-0.25, -0.2) is 0 Å². The van der Waals surface area contributed by atoms with E-state index in [9.17, 15) is 0 Å². The van der Waals surface area contributed by atoms with Crippen LogP contribution in [0.15, 0.2) is 60.7 Å². The molecule has 3 aromatic rings. The molecule has 2 atom stereocenters. The third-order valence-electron chi connectivity index (χ3n) is 7.89. The van der Waals surface area contributed by atoms with Gasteiger partial charge in [0.25, 0.3) is 0 Å². The van der Waals surface area contributed by atoms with Gasteiger partial charge in [-0.1, -0.05) is 120 Å². The van der Waals surface area contributed by atoms with Crippen LogP contribution in [0.3, 0.4) is 0 Å². The molecule has 0 aliphatic heterocycles. The van der Waals surface area contributed by atoms with Gasteiger partial charge < -0.3 is 9.47 Å². The van der Waals surface area contributed by atoms with Crippen molar-refractivity contribution in [1.29, 1.82) is 0 Å². The van der Waals surface area contributed by atoms with E-state index < -0.39 is 0 Å². The third kappa shape index (κ3) is 8.38. The zero-order valence-corrected chi connectivity index (χ0v) is 24.8. The summed E-state index contributed by atoms with van der Waals surface area (Å²) in [5.41, 5.74) is 7.15. The first kappa shape index (κ1) is 29.8. The highest BCUT2D eigenvalue weighted by molar-refractivity contribution is 5.82. The van der Waals surface area contributed by atoms with Crippen molar-refractivity contribution in [3.63, 3.8) is 0 Å². The molecule has 2 nitrogen and oxygen atoms in total. The van der Waals surface area contributed by atoms with Gasteiger partial charge in [0, 0.05) is 11.1 Å². The highest BCUT2D eigenvalue weighted by atomic mass is 16.5. The van der Waals surface area contributed by atoms with Crippen molar-refractivity contribution in [2.45, 2.75) is 92.9 Å². The normalized spacial score (nSPS) is 12.8. The standard InChI is InChI=1S/C36H50O2/c1-7-11-16-29(9-3)25-37-35-24-34(32-22-27(5)20-21-28(32)6)36(38-26-30(10-4)17-12-8-2)23-33(35)31-18-14-13-15-19-31/h13-15,18-24,29-30H,7-12,16-17,25-26H2,1-6H3. The Morgan fingerprint density at radius 2 is 1.16 bits per heavy atom. The van der Waals surface area contributed by atoms with Gasteiger partial charge >= 0.3 is 0 Å². The summed E-state index contributed by atoms with van der Waals surface area (Å²) in [5.74, 6) is 3.05. The predicted octanol–water partition coefficient (Wildman–Crippen LogP) is 10.8. The number of aryl methyl sites for hydroxylation is 2. The lowest BCUT2D eigenvalue weighted by Crippen LogP contribution is -2.13. The summed E-state index contributed by atoms with van der Waals surface area (Å²) in [6.45, 7) is 14.9. The smallest absolute Gasteiger partial charge is 0.128 e. The summed E-state index contributed by atoms with van der Waals surface area (Å²) in [6.07, 6.45) is 9.68. The van der Waals surface area contributed by atoms with Crippen LogP contribution >= 0.6 is 0 Å². The summed E-state index contributed by atoms with van der Waals surface area (Å²) in [6, 6.07) is 21.8. The van der Waals surface area contributed by atoms with Crippen LogP contribution in [0.1, 0.15) is 90.2 Å². The fraction of sp³-hybridized carbons (Fsp3) is 0.500. The second-order valence-corrected chi connectivity index (χ2v) is 11.0. The van der Waals surface area contributed by atoms with Crippen molar-refractivity contribution >= 4 is 0 Å². The monoisotopic (exact) mass is 514 g/mol. The van der Waals surface area contributed by atoms with E-state index in [0.29, 0.717) is 11.8 Å². The van der Waals surface area contributed by atoms with Gasteiger partial charge in [0.1, 0.15) is 11.5 Å². The van der Waals surface area contributed by atoms with E-state index >= 15 is 0 Å². The number of unbranched alkanes of at least 4 members (excludes halogenated alkanes) is 2. The Balaban J connectivity index is 2.08. The Bertz CT molecular complexity index is 1100. The molecule has 0 saturated heterocycles. The van der Waals surface area contributed by atoms with Crippen LogP contribution in [-0.4, -0.2) is 13.2 Å². The summed E-state index contributed by atoms with van der Waals surface area (Å²) in [7, 11) is 0. The van der Waals surface area contributed by atoms with Crippen LogP contribution in [0, 0.1) is 25.7 Å². The van der Waals surface area contributed by atoms with Crippen molar-refractivity contribution in [1.82, 2.24) is 0 Å². The van der Waals surface area contributed by atoms with Crippen LogP contribution in [-0.2, 0) is 0 Å². The second kappa shape index (κ2) is 15.6. The molecule has 0 aliphatic rings. The zero-order valence-electron chi connectivity index (χ0n) is 24.8. The van der Waals surface area contributed by atoms with E-state index in [2.05, 4.69) is 102 Å². The Hall–Kier alpha value is -2.74. The fourth-order valence-electron chi connectivity index (χ4n) is 5.09. The van der Waals surface area contributed by atoms with E-state index in [1.807, 2.05) is 0 Å². The van der Waals surface area contributed by atoms with Gasteiger partial charge in [-0.3, -0.25) is 0 Å². The van der Waals surface area contributed by atoms with Crippen LogP contribution in [0.25, 0.3) is 22.3 Å². The van der Waals surface area contributed by atoms with Gasteiger partial charge in [-0.15, -0.1) is 0 Å². The summed E-state index contributed by atoms with van der Waals surface area (Å²) < 4.78 is 13.4. The van der Waals surface area contributed by atoms with Gasteiger partial charge in [-0.2, -0.15) is 0 Å². The number of ether oxygens (including phenoxy) is 2. The highest BCUT2D eigenvalue weighted by Crippen LogP contribution is 2.43. The molecule has 0 radical (unpaired) electrons. The Labute approximate surface area is 232 Å². The lowest BCUT2D eigenvalue weighted by molar-refractivity contribution is 0.229. The minimum absolute atomic E-state index is 0.571. The van der Waals surface area contributed by atoms with Crippen molar-refractivity contribution in [3.05, 3.63) is 71.8 Å². The topological polar surface area (TPSA) is 18.5 Å². The first-order valence-electron chi connectivity index (χ1n) is 15.1. The molecule has 0 spiro atoms. The molecule has 3 rings (SSSR count). The predicted molar refractivity (Wildman–Crippen MR) is 164 cm³/mol. The first-order valence-corrected chi connectivity index (χ1v) is 15.1. The Morgan fingerprint density at radius 1 is 0.605 bits per heavy atom. The van der Waals surface area contributed by atoms with E-state index in [1.54, 1.807) is 0 Å². The van der Waals surface area contributed by atoms with E-state index in [4.69, 9.17) is 9.47 Å². The van der Waals surface area contributed by atoms with Crippen molar-refractivity contribution < 1.29 is 9.47 Å². The molecule has 0 amide bonds. The van der Waals surface area contributed by atoms with E-state index in [-0.39, 0.29) is 0 Å². The molecule has 0 aliphatic carbocycles. The van der Waals surface area contributed by atoms with E-state index in [1.165, 1.54) is 60.8 Å². The molecule has 0 heterocycles. The summed E-state index contributed by atoms with van der Waals surface area (Å²) in [5, 5.41) is 0. The SMILES string of the molecule is CCCCC(CC)COc1cc(-c2cc(C)ccc2C)c(OCC(CC)CCCC)cc1-c1ccccc1. The molecule has 206 valence electrons. The number of hydrogen-bond donors (Lipinski definition) is 0. The van der Waals surface area contributed by atoms with E-state index in [0.717, 1.165) is 48.7 Å².